The van der Waals surface area contributed by atoms with E-state index in [0.29, 0.717) is 35.1 Å². The number of hydrogen-bond donors (Lipinski definition) is 2. The van der Waals surface area contributed by atoms with Crippen LogP contribution in [0.4, 0.5) is 5.13 Å². The second kappa shape index (κ2) is 10.4. The summed E-state index contributed by atoms with van der Waals surface area (Å²) in [6.07, 6.45) is 1.93. The van der Waals surface area contributed by atoms with Crippen LogP contribution in [0.15, 0.2) is 35.7 Å². The highest BCUT2D eigenvalue weighted by Crippen LogP contribution is 2.32. The largest absolute Gasteiger partial charge is 0.355 e. The number of hydrogen-bond acceptors (Lipinski definition) is 7. The van der Waals surface area contributed by atoms with Gasteiger partial charge < -0.3 is 10.6 Å². The Labute approximate surface area is 200 Å². The molecule has 2 atom stereocenters. The molecule has 2 heterocycles. The van der Waals surface area contributed by atoms with Crippen molar-refractivity contribution in [3.63, 3.8) is 0 Å². The third-order valence-electron chi connectivity index (χ3n) is 5.74. The van der Waals surface area contributed by atoms with Gasteiger partial charge in [-0.1, -0.05) is 55.5 Å². The maximum Gasteiger partial charge on any atom is 0.228 e. The summed E-state index contributed by atoms with van der Waals surface area (Å²) < 4.78 is 0. The molecule has 2 aromatic heterocycles. The number of nitrogens with zero attached hydrogens (tertiary/aromatic N) is 2. The van der Waals surface area contributed by atoms with Crippen molar-refractivity contribution in [3.05, 3.63) is 51.3 Å². The fraction of sp³-hybridized carbons (Fsp3) is 0.375. The van der Waals surface area contributed by atoms with E-state index in [0.717, 1.165) is 22.7 Å². The zero-order chi connectivity index (χ0) is 23.4. The quantitative estimate of drug-likeness (QED) is 0.497. The van der Waals surface area contributed by atoms with E-state index in [1.54, 1.807) is 11.3 Å². The summed E-state index contributed by atoms with van der Waals surface area (Å²) >= 11 is 2.77. The Morgan fingerprint density at radius 3 is 2.73 bits per heavy atom. The minimum atomic E-state index is -0.443. The average Bonchev–Trinajstić information content (AvgIpc) is 3.46. The maximum absolute atomic E-state index is 12.7. The molecular formula is C24H26N4O3S2. The Hall–Kier alpha value is -2.91. The number of amides is 2. The molecule has 2 amide bonds. The SMILES string of the molecule is CC[C@@H](C)C(=O)Nc1nc2c(s1)C(=O)C[C@@H](C(=O)NCCc1nc(-c3ccccc3)cs1)C2. The number of Topliss-reactive ketones (excluding diaryl/α,β-unsaturated/α-hetero) is 1. The van der Waals surface area contributed by atoms with Gasteiger partial charge in [0, 0.05) is 42.7 Å². The Balaban J connectivity index is 1.31. The van der Waals surface area contributed by atoms with E-state index in [1.165, 1.54) is 11.3 Å². The van der Waals surface area contributed by atoms with Gasteiger partial charge in [0.05, 0.1) is 27.2 Å². The second-order valence-corrected chi connectivity index (χ2v) is 10.1. The first-order valence-corrected chi connectivity index (χ1v) is 12.8. The van der Waals surface area contributed by atoms with Crippen LogP contribution in [0.3, 0.4) is 0 Å². The molecule has 7 nitrogen and oxygen atoms in total. The smallest absolute Gasteiger partial charge is 0.228 e. The minimum absolute atomic E-state index is 0.0923. The molecular weight excluding hydrogens is 456 g/mol. The summed E-state index contributed by atoms with van der Waals surface area (Å²) in [5.74, 6) is -0.913. The molecule has 1 aliphatic carbocycles. The predicted molar refractivity (Wildman–Crippen MR) is 131 cm³/mol. The van der Waals surface area contributed by atoms with Crippen molar-refractivity contribution in [3.8, 4) is 11.3 Å². The van der Waals surface area contributed by atoms with Gasteiger partial charge in [0.25, 0.3) is 0 Å². The number of rotatable bonds is 8. The van der Waals surface area contributed by atoms with Crippen LogP contribution in [0.2, 0.25) is 0 Å². The summed E-state index contributed by atoms with van der Waals surface area (Å²) in [6.45, 7) is 4.26. The van der Waals surface area contributed by atoms with Gasteiger partial charge in [-0.15, -0.1) is 11.3 Å². The van der Waals surface area contributed by atoms with E-state index in [2.05, 4.69) is 20.6 Å². The highest BCUT2D eigenvalue weighted by atomic mass is 32.1. The average molecular weight is 483 g/mol. The van der Waals surface area contributed by atoms with Gasteiger partial charge in [-0.25, -0.2) is 9.97 Å². The number of ketones is 1. The summed E-state index contributed by atoms with van der Waals surface area (Å²) in [5, 5.41) is 9.14. The lowest BCUT2D eigenvalue weighted by molar-refractivity contribution is -0.125. The Morgan fingerprint density at radius 2 is 1.97 bits per heavy atom. The van der Waals surface area contributed by atoms with Gasteiger partial charge in [-0.05, 0) is 6.42 Å². The number of anilines is 1. The van der Waals surface area contributed by atoms with Crippen LogP contribution < -0.4 is 10.6 Å². The first-order valence-electron chi connectivity index (χ1n) is 11.1. The first-order chi connectivity index (χ1) is 15.9. The second-order valence-electron chi connectivity index (χ2n) is 8.16. The van der Waals surface area contributed by atoms with E-state index < -0.39 is 5.92 Å². The van der Waals surface area contributed by atoms with E-state index >= 15 is 0 Å². The molecule has 0 aliphatic heterocycles. The van der Waals surface area contributed by atoms with Crippen LogP contribution in [-0.4, -0.2) is 34.1 Å². The number of thiazole rings is 2. The number of aromatic nitrogens is 2. The molecule has 2 N–H and O–H groups in total. The minimum Gasteiger partial charge on any atom is -0.355 e. The summed E-state index contributed by atoms with van der Waals surface area (Å²) in [6, 6.07) is 9.98. The molecule has 1 aromatic carbocycles. The summed E-state index contributed by atoms with van der Waals surface area (Å²) in [7, 11) is 0. The topological polar surface area (TPSA) is 101 Å². The maximum atomic E-state index is 12.7. The summed E-state index contributed by atoms with van der Waals surface area (Å²) in [5.41, 5.74) is 2.61. The molecule has 0 fully saturated rings. The van der Waals surface area contributed by atoms with Crippen molar-refractivity contribution in [2.45, 2.75) is 39.5 Å². The number of carbonyl (C=O) groups excluding carboxylic acids is 3. The van der Waals surface area contributed by atoms with Crippen molar-refractivity contribution in [1.82, 2.24) is 15.3 Å². The Morgan fingerprint density at radius 1 is 1.18 bits per heavy atom. The molecule has 33 heavy (non-hydrogen) atoms. The molecule has 3 aromatic rings. The fourth-order valence-corrected chi connectivity index (χ4v) is 5.34. The van der Waals surface area contributed by atoms with Crippen LogP contribution >= 0.6 is 22.7 Å². The molecule has 1 aliphatic rings. The predicted octanol–water partition coefficient (Wildman–Crippen LogP) is 4.36. The molecule has 0 saturated carbocycles. The van der Waals surface area contributed by atoms with Gasteiger partial charge in [0.15, 0.2) is 10.9 Å². The monoisotopic (exact) mass is 482 g/mol. The molecule has 4 rings (SSSR count). The molecule has 0 unspecified atom stereocenters. The van der Waals surface area contributed by atoms with Crippen LogP contribution in [0.1, 0.15) is 47.1 Å². The van der Waals surface area contributed by atoms with Crippen LogP contribution in [-0.2, 0) is 22.4 Å². The third kappa shape index (κ3) is 5.54. The standard InChI is InChI=1S/C24H26N4O3S2/c1-3-14(2)22(30)28-24-27-17-11-16(12-19(29)21(17)33-24)23(31)25-10-9-20-26-18(13-32-20)15-7-5-4-6-8-15/h4-8,13-14,16H,3,9-12H2,1-2H3,(H,25,31)(H,27,28,30)/t14-,16+/m1/s1. The molecule has 9 heteroatoms. The van der Waals surface area contributed by atoms with Crippen molar-refractivity contribution in [1.29, 1.82) is 0 Å². The van der Waals surface area contributed by atoms with Crippen molar-refractivity contribution in [2.24, 2.45) is 11.8 Å². The zero-order valence-electron chi connectivity index (χ0n) is 18.6. The summed E-state index contributed by atoms with van der Waals surface area (Å²) in [4.78, 5) is 47.1. The zero-order valence-corrected chi connectivity index (χ0v) is 20.2. The van der Waals surface area contributed by atoms with Gasteiger partial charge in [0.1, 0.15) is 0 Å². The number of benzene rings is 1. The lowest BCUT2D eigenvalue weighted by Gasteiger charge is -2.19. The van der Waals surface area contributed by atoms with Gasteiger partial charge in [0.2, 0.25) is 11.8 Å². The van der Waals surface area contributed by atoms with Crippen LogP contribution in [0.25, 0.3) is 11.3 Å². The van der Waals surface area contributed by atoms with Crippen LogP contribution in [0, 0.1) is 11.8 Å². The molecule has 0 bridgehead atoms. The molecule has 0 radical (unpaired) electrons. The highest BCUT2D eigenvalue weighted by Gasteiger charge is 2.33. The van der Waals surface area contributed by atoms with Gasteiger partial charge in [-0.3, -0.25) is 14.4 Å². The molecule has 0 spiro atoms. The highest BCUT2D eigenvalue weighted by molar-refractivity contribution is 7.17. The number of carbonyl (C=O) groups is 3. The van der Waals surface area contributed by atoms with E-state index in [4.69, 9.17) is 0 Å². The molecule has 0 saturated heterocycles. The number of fused-ring (bicyclic) bond motifs is 1. The third-order valence-corrected chi connectivity index (χ3v) is 7.71. The van der Waals surface area contributed by atoms with Gasteiger partial charge >= 0.3 is 0 Å². The van der Waals surface area contributed by atoms with Crippen molar-refractivity contribution < 1.29 is 14.4 Å². The fourth-order valence-electron chi connectivity index (χ4n) is 3.59. The van der Waals surface area contributed by atoms with Gasteiger partial charge in [-0.2, -0.15) is 0 Å². The Bertz CT molecular complexity index is 1160. The lowest BCUT2D eigenvalue weighted by atomic mass is 9.89. The lowest BCUT2D eigenvalue weighted by Crippen LogP contribution is -2.36. The van der Waals surface area contributed by atoms with E-state index in [1.807, 2.05) is 49.6 Å². The Kier molecular flexibility index (Phi) is 7.29. The van der Waals surface area contributed by atoms with E-state index in [9.17, 15) is 14.4 Å². The van der Waals surface area contributed by atoms with Crippen molar-refractivity contribution in [2.75, 3.05) is 11.9 Å². The van der Waals surface area contributed by atoms with E-state index in [-0.39, 0.29) is 29.9 Å². The van der Waals surface area contributed by atoms with Crippen molar-refractivity contribution >= 4 is 45.4 Å². The number of nitrogens with one attached hydrogen (secondary N) is 2. The first kappa shape index (κ1) is 23.3. The van der Waals surface area contributed by atoms with Crippen LogP contribution in [0.5, 0.6) is 0 Å². The normalized spacial score (nSPS) is 16.2. The molecule has 172 valence electrons.